The molecule has 2 aromatic rings. The van der Waals surface area contributed by atoms with E-state index in [1.807, 2.05) is 12.1 Å². The number of benzene rings is 2. The molecular weight excluding hydrogens is 331 g/mol. The lowest BCUT2D eigenvalue weighted by Crippen LogP contribution is -2.11. The molecule has 0 radical (unpaired) electrons. The first kappa shape index (κ1) is 18.2. The fourth-order valence-corrected chi connectivity index (χ4v) is 4.10. The Bertz CT molecular complexity index is 709. The molecule has 0 heterocycles. The minimum absolute atomic E-state index is 0.0888. The molecule has 0 nitrogen and oxygen atoms in total. The lowest BCUT2D eigenvalue weighted by molar-refractivity contribution is 0.376. The van der Waals surface area contributed by atoms with Crippen molar-refractivity contribution in [2.24, 2.45) is 5.92 Å². The standard InChI is InChI=1S/C23H26ClF/c1-2-3-21-12-13-22(16-23(21)25)20-10-8-19(9-11-20)18-6-4-17(5-7-18)14-15-24/h8-18H,2-7H2,1H3/b15-14+/t17-,18-. The second-order valence-corrected chi connectivity index (χ2v) is 7.36. The second-order valence-electron chi connectivity index (χ2n) is 7.11. The molecule has 0 N–H and O–H groups in total. The fourth-order valence-electron chi connectivity index (χ4n) is 3.89. The first-order valence-electron chi connectivity index (χ1n) is 9.37. The summed E-state index contributed by atoms with van der Waals surface area (Å²) in [6.07, 6.45) is 8.73. The minimum Gasteiger partial charge on any atom is -0.207 e. The van der Waals surface area contributed by atoms with Crippen LogP contribution < -0.4 is 0 Å². The highest BCUT2D eigenvalue weighted by Crippen LogP contribution is 2.37. The third-order valence-electron chi connectivity index (χ3n) is 5.40. The summed E-state index contributed by atoms with van der Waals surface area (Å²) in [5, 5.41) is 0. The molecule has 2 heteroatoms. The van der Waals surface area contributed by atoms with Crippen LogP contribution >= 0.6 is 11.6 Å². The maximum Gasteiger partial charge on any atom is 0.127 e. The molecule has 0 aromatic heterocycles. The summed E-state index contributed by atoms with van der Waals surface area (Å²) in [5.41, 5.74) is 5.92. The van der Waals surface area contributed by atoms with Gasteiger partial charge in [0.1, 0.15) is 5.82 Å². The van der Waals surface area contributed by atoms with Crippen molar-refractivity contribution in [3.63, 3.8) is 0 Å². The van der Waals surface area contributed by atoms with Crippen molar-refractivity contribution >= 4 is 11.6 Å². The lowest BCUT2D eigenvalue weighted by atomic mass is 9.78. The number of hydrogen-bond acceptors (Lipinski definition) is 0. The highest BCUT2D eigenvalue weighted by molar-refractivity contribution is 6.25. The van der Waals surface area contributed by atoms with Crippen molar-refractivity contribution in [1.29, 1.82) is 0 Å². The molecule has 1 saturated carbocycles. The number of allylic oxidation sites excluding steroid dienone is 1. The largest absolute Gasteiger partial charge is 0.207 e. The minimum atomic E-state index is -0.0888. The molecule has 0 unspecified atom stereocenters. The Morgan fingerprint density at radius 1 is 1.00 bits per heavy atom. The average Bonchev–Trinajstić information content (AvgIpc) is 2.65. The summed E-state index contributed by atoms with van der Waals surface area (Å²) >= 11 is 5.69. The molecule has 0 saturated heterocycles. The summed E-state index contributed by atoms with van der Waals surface area (Å²) in [5.74, 6) is 1.18. The van der Waals surface area contributed by atoms with Crippen LogP contribution in [0.5, 0.6) is 0 Å². The zero-order chi connectivity index (χ0) is 17.6. The molecule has 1 aliphatic carbocycles. The van der Waals surface area contributed by atoms with E-state index < -0.39 is 0 Å². The van der Waals surface area contributed by atoms with Crippen LogP contribution in [0.3, 0.4) is 0 Å². The van der Waals surface area contributed by atoms with Gasteiger partial charge in [0, 0.05) is 5.54 Å². The van der Waals surface area contributed by atoms with Crippen molar-refractivity contribution in [1.82, 2.24) is 0 Å². The van der Waals surface area contributed by atoms with Crippen molar-refractivity contribution in [3.05, 3.63) is 71.0 Å². The molecule has 1 fully saturated rings. The lowest BCUT2D eigenvalue weighted by Gasteiger charge is -2.27. The molecule has 3 rings (SSSR count). The van der Waals surface area contributed by atoms with Gasteiger partial charge in [0.2, 0.25) is 0 Å². The monoisotopic (exact) mass is 356 g/mol. The molecule has 0 aliphatic heterocycles. The van der Waals surface area contributed by atoms with Gasteiger partial charge in [-0.2, -0.15) is 0 Å². The SMILES string of the molecule is CCCc1ccc(-c2ccc([C@H]3CC[C@H](/C=C/Cl)CC3)cc2)cc1F. The van der Waals surface area contributed by atoms with Crippen LogP contribution in [0.2, 0.25) is 0 Å². The molecule has 0 amide bonds. The summed E-state index contributed by atoms with van der Waals surface area (Å²) in [4.78, 5) is 0. The van der Waals surface area contributed by atoms with Gasteiger partial charge in [-0.1, -0.05) is 67.4 Å². The quantitative estimate of drug-likeness (QED) is 0.521. The van der Waals surface area contributed by atoms with Crippen molar-refractivity contribution in [2.75, 3.05) is 0 Å². The first-order valence-corrected chi connectivity index (χ1v) is 9.80. The van der Waals surface area contributed by atoms with Gasteiger partial charge in [0.25, 0.3) is 0 Å². The van der Waals surface area contributed by atoms with E-state index in [0.717, 1.165) is 29.5 Å². The highest BCUT2D eigenvalue weighted by atomic mass is 35.5. The van der Waals surface area contributed by atoms with Crippen LogP contribution in [0.1, 0.15) is 56.1 Å². The van der Waals surface area contributed by atoms with Crippen LogP contribution in [0.15, 0.2) is 54.1 Å². The van der Waals surface area contributed by atoms with Crippen molar-refractivity contribution in [2.45, 2.75) is 51.4 Å². The van der Waals surface area contributed by atoms with Gasteiger partial charge in [-0.05, 0) is 72.3 Å². The van der Waals surface area contributed by atoms with E-state index in [1.54, 1.807) is 11.6 Å². The van der Waals surface area contributed by atoms with Gasteiger partial charge < -0.3 is 0 Å². The van der Waals surface area contributed by atoms with Crippen LogP contribution in [0.4, 0.5) is 4.39 Å². The third kappa shape index (κ3) is 4.52. The van der Waals surface area contributed by atoms with E-state index in [4.69, 9.17) is 11.6 Å². The number of aryl methyl sites for hydroxylation is 1. The summed E-state index contributed by atoms with van der Waals surface area (Å²) in [6.45, 7) is 2.07. The maximum atomic E-state index is 14.2. The maximum absolute atomic E-state index is 14.2. The van der Waals surface area contributed by atoms with Crippen molar-refractivity contribution < 1.29 is 4.39 Å². The Morgan fingerprint density at radius 2 is 1.68 bits per heavy atom. The second kappa shape index (κ2) is 8.67. The van der Waals surface area contributed by atoms with Crippen LogP contribution in [0, 0.1) is 11.7 Å². The van der Waals surface area contributed by atoms with E-state index in [0.29, 0.717) is 11.8 Å². The molecule has 132 valence electrons. The third-order valence-corrected chi connectivity index (χ3v) is 5.55. The van der Waals surface area contributed by atoms with Gasteiger partial charge >= 0.3 is 0 Å². The first-order chi connectivity index (χ1) is 12.2. The van der Waals surface area contributed by atoms with Gasteiger partial charge in [-0.25, -0.2) is 4.39 Å². The number of halogens is 2. The van der Waals surface area contributed by atoms with Crippen LogP contribution in [-0.2, 0) is 6.42 Å². The Kier molecular flexibility index (Phi) is 6.31. The molecule has 25 heavy (non-hydrogen) atoms. The predicted octanol–water partition coefficient (Wildman–Crippen LogP) is 7.47. The Balaban J connectivity index is 1.69. The van der Waals surface area contributed by atoms with Gasteiger partial charge in [0.15, 0.2) is 0 Å². The zero-order valence-corrected chi connectivity index (χ0v) is 15.6. The smallest absolute Gasteiger partial charge is 0.127 e. The van der Waals surface area contributed by atoms with Gasteiger partial charge in [-0.15, -0.1) is 0 Å². The predicted molar refractivity (Wildman–Crippen MR) is 106 cm³/mol. The van der Waals surface area contributed by atoms with Gasteiger partial charge in [0.05, 0.1) is 0 Å². The molecule has 0 spiro atoms. The molecule has 0 atom stereocenters. The Labute approximate surface area is 155 Å². The number of hydrogen-bond donors (Lipinski definition) is 0. The van der Waals surface area contributed by atoms with E-state index in [2.05, 4.69) is 37.3 Å². The summed E-state index contributed by atoms with van der Waals surface area (Å²) in [7, 11) is 0. The summed E-state index contributed by atoms with van der Waals surface area (Å²) in [6, 6.07) is 14.3. The Hall–Kier alpha value is -1.60. The Morgan fingerprint density at radius 3 is 2.28 bits per heavy atom. The van der Waals surface area contributed by atoms with E-state index in [-0.39, 0.29) is 5.82 Å². The normalized spacial score (nSPS) is 20.9. The average molecular weight is 357 g/mol. The van der Waals surface area contributed by atoms with Crippen LogP contribution in [-0.4, -0.2) is 0 Å². The summed E-state index contributed by atoms with van der Waals surface area (Å²) < 4.78 is 14.2. The van der Waals surface area contributed by atoms with E-state index in [9.17, 15) is 4.39 Å². The fraction of sp³-hybridized carbons (Fsp3) is 0.391. The molecule has 2 aromatic carbocycles. The van der Waals surface area contributed by atoms with Gasteiger partial charge in [-0.3, -0.25) is 0 Å². The molecular formula is C23H26ClF. The van der Waals surface area contributed by atoms with Crippen LogP contribution in [0.25, 0.3) is 11.1 Å². The zero-order valence-electron chi connectivity index (χ0n) is 14.8. The van der Waals surface area contributed by atoms with E-state index in [1.165, 1.54) is 31.2 Å². The van der Waals surface area contributed by atoms with Crippen molar-refractivity contribution in [3.8, 4) is 11.1 Å². The topological polar surface area (TPSA) is 0 Å². The highest BCUT2D eigenvalue weighted by Gasteiger charge is 2.20. The molecule has 1 aliphatic rings. The van der Waals surface area contributed by atoms with E-state index >= 15 is 0 Å². The number of rotatable bonds is 5. The molecule has 0 bridgehead atoms.